The van der Waals surface area contributed by atoms with E-state index in [9.17, 15) is 14.4 Å². The third-order valence-electron chi connectivity index (χ3n) is 5.81. The number of aromatic nitrogens is 5. The average Bonchev–Trinajstić information content (AvgIpc) is 3.38. The molecule has 0 unspecified atom stereocenters. The minimum Gasteiger partial charge on any atom is -0.328 e. The molecule has 0 spiro atoms. The molecule has 0 bridgehead atoms. The fourth-order valence-electron chi connectivity index (χ4n) is 4.12. The summed E-state index contributed by atoms with van der Waals surface area (Å²) < 4.78 is 3.74. The maximum atomic E-state index is 12.8. The molecule has 11 heteroatoms. The van der Waals surface area contributed by atoms with Gasteiger partial charge < -0.3 is 9.88 Å². The molecular formula is C22H23N7O3S. The molecule has 0 aliphatic carbocycles. The Balaban J connectivity index is 1.31. The maximum Gasteiger partial charge on any atom is 0.332 e. The molecule has 4 heterocycles. The van der Waals surface area contributed by atoms with Crippen molar-refractivity contribution in [3.05, 3.63) is 73.6 Å². The van der Waals surface area contributed by atoms with E-state index in [0.29, 0.717) is 5.13 Å². The number of carbonyl (C=O) groups excluding carboxylic acids is 1. The van der Waals surface area contributed by atoms with Gasteiger partial charge in [0.25, 0.3) is 5.56 Å². The normalized spacial score (nSPS) is 13.9. The lowest BCUT2D eigenvalue weighted by atomic mass is 10.1. The van der Waals surface area contributed by atoms with Crippen LogP contribution in [0.1, 0.15) is 16.1 Å². The van der Waals surface area contributed by atoms with Crippen LogP contribution in [0.5, 0.6) is 0 Å². The Kier molecular flexibility index (Phi) is 5.43. The zero-order valence-electron chi connectivity index (χ0n) is 18.3. The van der Waals surface area contributed by atoms with Gasteiger partial charge in [-0.2, -0.15) is 0 Å². The summed E-state index contributed by atoms with van der Waals surface area (Å²) in [6, 6.07) is 10.3. The van der Waals surface area contributed by atoms with Gasteiger partial charge in [0.1, 0.15) is 6.54 Å². The molecule has 5 rings (SSSR count). The molecule has 4 aromatic rings. The molecule has 3 aromatic heterocycles. The zero-order chi connectivity index (χ0) is 23.1. The largest absolute Gasteiger partial charge is 0.332 e. The Morgan fingerprint density at radius 3 is 2.76 bits per heavy atom. The van der Waals surface area contributed by atoms with Gasteiger partial charge in [0.2, 0.25) is 5.91 Å². The first-order valence-corrected chi connectivity index (χ1v) is 11.4. The molecule has 0 fully saturated rings. The SMILES string of the molecule is Cn1cnc2c1c(=O)n(CC(=O)Nc1nc3c(s1)CN(Cc1ccccc1)CC3)c(=O)n2C. The van der Waals surface area contributed by atoms with Gasteiger partial charge in [-0.25, -0.2) is 19.3 Å². The molecule has 33 heavy (non-hydrogen) atoms. The van der Waals surface area contributed by atoms with Crippen LogP contribution in [0, 0.1) is 0 Å². The molecule has 1 N–H and O–H groups in total. The third-order valence-corrected chi connectivity index (χ3v) is 6.81. The first kappa shape index (κ1) is 21.3. The van der Waals surface area contributed by atoms with Gasteiger partial charge in [-0.05, 0) is 5.56 Å². The van der Waals surface area contributed by atoms with Crippen LogP contribution in [0.4, 0.5) is 5.13 Å². The van der Waals surface area contributed by atoms with Crippen molar-refractivity contribution in [1.29, 1.82) is 0 Å². The van der Waals surface area contributed by atoms with E-state index in [4.69, 9.17) is 0 Å². The minimum absolute atomic E-state index is 0.271. The highest BCUT2D eigenvalue weighted by Crippen LogP contribution is 2.29. The number of benzene rings is 1. The van der Waals surface area contributed by atoms with E-state index < -0.39 is 23.7 Å². The molecule has 0 atom stereocenters. The highest BCUT2D eigenvalue weighted by Gasteiger charge is 2.22. The second kappa shape index (κ2) is 8.41. The Bertz CT molecular complexity index is 1470. The summed E-state index contributed by atoms with van der Waals surface area (Å²) >= 11 is 1.44. The van der Waals surface area contributed by atoms with E-state index in [2.05, 4.69) is 32.3 Å². The van der Waals surface area contributed by atoms with E-state index >= 15 is 0 Å². The summed E-state index contributed by atoms with van der Waals surface area (Å²) in [5.41, 5.74) is 1.68. The second-order valence-electron chi connectivity index (χ2n) is 8.14. The standard InChI is InChI=1S/C22H23N7O3S/c1-26-13-23-19-18(26)20(31)29(22(32)27(19)2)12-17(30)25-21-24-15-8-9-28(11-16(15)33-21)10-14-6-4-3-5-7-14/h3-7,13H,8-12H2,1-2H3,(H,24,25,30). The lowest BCUT2D eigenvalue weighted by Gasteiger charge is -2.25. The third kappa shape index (κ3) is 4.00. The van der Waals surface area contributed by atoms with Gasteiger partial charge in [0, 0.05) is 45.0 Å². The number of hydrogen-bond donors (Lipinski definition) is 1. The van der Waals surface area contributed by atoms with Crippen LogP contribution in [0.15, 0.2) is 46.2 Å². The maximum absolute atomic E-state index is 12.8. The van der Waals surface area contributed by atoms with Crippen molar-refractivity contribution in [1.82, 2.24) is 28.6 Å². The second-order valence-corrected chi connectivity index (χ2v) is 9.23. The van der Waals surface area contributed by atoms with E-state index in [1.807, 2.05) is 18.2 Å². The molecule has 170 valence electrons. The Morgan fingerprint density at radius 1 is 1.18 bits per heavy atom. The van der Waals surface area contributed by atoms with Crippen LogP contribution in [-0.2, 0) is 44.9 Å². The van der Waals surface area contributed by atoms with E-state index in [1.165, 1.54) is 34.8 Å². The Hall–Kier alpha value is -3.57. The van der Waals surface area contributed by atoms with Gasteiger partial charge in [0.05, 0.1) is 12.0 Å². The number of anilines is 1. The summed E-state index contributed by atoms with van der Waals surface area (Å²) in [6.07, 6.45) is 2.28. The predicted molar refractivity (Wildman–Crippen MR) is 125 cm³/mol. The van der Waals surface area contributed by atoms with Crippen molar-refractivity contribution in [2.45, 2.75) is 26.1 Å². The monoisotopic (exact) mass is 465 g/mol. The highest BCUT2D eigenvalue weighted by molar-refractivity contribution is 7.15. The lowest BCUT2D eigenvalue weighted by Crippen LogP contribution is -2.42. The Morgan fingerprint density at radius 2 is 1.97 bits per heavy atom. The molecular weight excluding hydrogens is 442 g/mol. The molecule has 10 nitrogen and oxygen atoms in total. The number of thiazole rings is 1. The average molecular weight is 466 g/mol. The minimum atomic E-state index is -0.587. The molecule has 1 aliphatic heterocycles. The van der Waals surface area contributed by atoms with Crippen molar-refractivity contribution in [2.75, 3.05) is 11.9 Å². The lowest BCUT2D eigenvalue weighted by molar-refractivity contribution is -0.116. The van der Waals surface area contributed by atoms with Crippen LogP contribution in [-0.4, -0.2) is 41.0 Å². The van der Waals surface area contributed by atoms with Crippen LogP contribution in [0.25, 0.3) is 11.2 Å². The zero-order valence-corrected chi connectivity index (χ0v) is 19.1. The van der Waals surface area contributed by atoms with Crippen LogP contribution in [0.3, 0.4) is 0 Å². The number of imidazole rings is 1. The first-order chi connectivity index (χ1) is 15.9. The van der Waals surface area contributed by atoms with Crippen molar-refractivity contribution in [2.24, 2.45) is 14.1 Å². The fourth-order valence-corrected chi connectivity index (χ4v) is 5.18. The predicted octanol–water partition coefficient (Wildman–Crippen LogP) is 1.09. The number of hydrogen-bond acceptors (Lipinski definition) is 7. The summed E-state index contributed by atoms with van der Waals surface area (Å²) in [7, 11) is 3.20. The molecule has 1 aromatic carbocycles. The number of amides is 1. The van der Waals surface area contributed by atoms with Crippen LogP contribution in [0.2, 0.25) is 0 Å². The smallest absolute Gasteiger partial charge is 0.328 e. The van der Waals surface area contributed by atoms with Crippen molar-refractivity contribution in [3.8, 4) is 0 Å². The van der Waals surface area contributed by atoms with E-state index in [0.717, 1.165) is 41.2 Å². The van der Waals surface area contributed by atoms with Gasteiger partial charge in [-0.15, -0.1) is 11.3 Å². The van der Waals surface area contributed by atoms with Crippen molar-refractivity contribution < 1.29 is 4.79 Å². The molecule has 1 amide bonds. The number of aryl methyl sites for hydroxylation is 2. The molecule has 1 aliphatic rings. The number of nitrogens with zero attached hydrogens (tertiary/aromatic N) is 6. The molecule has 0 saturated carbocycles. The number of rotatable bonds is 5. The topological polar surface area (TPSA) is 107 Å². The highest BCUT2D eigenvalue weighted by atomic mass is 32.1. The van der Waals surface area contributed by atoms with Gasteiger partial charge in [-0.1, -0.05) is 30.3 Å². The summed E-state index contributed by atoms with van der Waals surface area (Å²) in [4.78, 5) is 50.3. The Labute approximate surface area is 192 Å². The van der Waals surface area contributed by atoms with Crippen LogP contribution < -0.4 is 16.6 Å². The summed E-state index contributed by atoms with van der Waals surface area (Å²) in [5.74, 6) is -0.469. The van der Waals surface area contributed by atoms with Crippen LogP contribution >= 0.6 is 11.3 Å². The van der Waals surface area contributed by atoms with E-state index in [-0.39, 0.29) is 11.2 Å². The van der Waals surface area contributed by atoms with Gasteiger partial charge >= 0.3 is 5.69 Å². The van der Waals surface area contributed by atoms with E-state index in [1.54, 1.807) is 11.6 Å². The van der Waals surface area contributed by atoms with Gasteiger partial charge in [0.15, 0.2) is 16.3 Å². The van der Waals surface area contributed by atoms with Gasteiger partial charge in [-0.3, -0.25) is 19.1 Å². The fraction of sp³-hybridized carbons (Fsp3) is 0.318. The number of carbonyl (C=O) groups is 1. The molecule has 0 radical (unpaired) electrons. The van der Waals surface area contributed by atoms with Crippen molar-refractivity contribution >= 4 is 33.5 Å². The number of nitrogens with one attached hydrogen (secondary N) is 1. The molecule has 0 saturated heterocycles. The quantitative estimate of drug-likeness (QED) is 0.473. The number of fused-ring (bicyclic) bond motifs is 2. The first-order valence-electron chi connectivity index (χ1n) is 10.6. The van der Waals surface area contributed by atoms with Crippen molar-refractivity contribution in [3.63, 3.8) is 0 Å². The summed E-state index contributed by atoms with van der Waals surface area (Å²) in [6.45, 7) is 2.14. The summed E-state index contributed by atoms with van der Waals surface area (Å²) in [5, 5.41) is 3.25.